The first kappa shape index (κ1) is 12.4. The lowest BCUT2D eigenvalue weighted by molar-refractivity contribution is 0.0777. The van der Waals surface area contributed by atoms with Crippen LogP contribution in [-0.2, 0) is 0 Å². The van der Waals surface area contributed by atoms with Crippen LogP contribution in [0.25, 0.3) is 0 Å². The van der Waals surface area contributed by atoms with Gasteiger partial charge in [0.25, 0.3) is 5.91 Å². The number of carbonyl (C=O) groups excluding carboxylic acids is 1. The normalized spacial score (nSPS) is 18.4. The van der Waals surface area contributed by atoms with Crippen LogP contribution in [0, 0.1) is 5.41 Å². The van der Waals surface area contributed by atoms with Crippen molar-refractivity contribution in [2.75, 3.05) is 18.8 Å². The number of benzene rings is 1. The molecule has 2 N–H and O–H groups in total. The van der Waals surface area contributed by atoms with Gasteiger partial charge in [-0.25, -0.2) is 0 Å². The zero-order valence-electron chi connectivity index (χ0n) is 10.2. The van der Waals surface area contributed by atoms with Crippen molar-refractivity contribution >= 4 is 27.5 Å². The Morgan fingerprint density at radius 2 is 2.18 bits per heavy atom. The zero-order chi connectivity index (χ0) is 12.6. The second kappa shape index (κ2) is 4.33. The van der Waals surface area contributed by atoms with E-state index in [9.17, 15) is 4.79 Å². The number of nitrogens with two attached hydrogens (primary N) is 1. The quantitative estimate of drug-likeness (QED) is 0.810. The highest BCUT2D eigenvalue weighted by Crippen LogP contribution is 2.32. The molecule has 0 aromatic heterocycles. The van der Waals surface area contributed by atoms with E-state index in [2.05, 4.69) is 29.8 Å². The fraction of sp³-hybridized carbons (Fsp3) is 0.462. The number of hydrogen-bond acceptors (Lipinski definition) is 2. The molecule has 3 nitrogen and oxygen atoms in total. The first-order chi connectivity index (χ1) is 7.91. The van der Waals surface area contributed by atoms with Crippen LogP contribution >= 0.6 is 15.9 Å². The van der Waals surface area contributed by atoms with Gasteiger partial charge < -0.3 is 10.6 Å². The zero-order valence-corrected chi connectivity index (χ0v) is 11.8. The molecule has 1 heterocycles. The lowest BCUT2D eigenvalue weighted by atomic mass is 9.93. The van der Waals surface area contributed by atoms with Gasteiger partial charge in [-0.05, 0) is 39.9 Å². The molecule has 1 amide bonds. The molecule has 1 aliphatic rings. The lowest BCUT2D eigenvalue weighted by Gasteiger charge is -2.20. The third-order valence-corrected chi connectivity index (χ3v) is 4.11. The van der Waals surface area contributed by atoms with Gasteiger partial charge in [0.05, 0.1) is 10.0 Å². The largest absolute Gasteiger partial charge is 0.398 e. The van der Waals surface area contributed by atoms with Crippen LogP contribution < -0.4 is 5.73 Å². The molecule has 1 saturated heterocycles. The van der Waals surface area contributed by atoms with E-state index in [-0.39, 0.29) is 11.3 Å². The molecule has 17 heavy (non-hydrogen) atoms. The van der Waals surface area contributed by atoms with E-state index >= 15 is 0 Å². The predicted octanol–water partition coefficient (Wildman–Crippen LogP) is 2.90. The first-order valence-corrected chi connectivity index (χ1v) is 6.53. The summed E-state index contributed by atoms with van der Waals surface area (Å²) in [5, 5.41) is 0. The maximum absolute atomic E-state index is 12.3. The van der Waals surface area contributed by atoms with Gasteiger partial charge in [-0.15, -0.1) is 0 Å². The monoisotopic (exact) mass is 296 g/mol. The summed E-state index contributed by atoms with van der Waals surface area (Å²) in [4.78, 5) is 14.3. The molecule has 0 bridgehead atoms. The molecule has 2 rings (SSSR count). The molecule has 0 unspecified atom stereocenters. The van der Waals surface area contributed by atoms with Gasteiger partial charge in [0.1, 0.15) is 0 Å². The summed E-state index contributed by atoms with van der Waals surface area (Å²) >= 11 is 3.38. The average molecular weight is 297 g/mol. The Bertz CT molecular complexity index is 457. The standard InChI is InChI=1S/C13H17BrN2O/c1-13(2)6-7-16(8-13)12(17)9-4-3-5-10(15)11(9)14/h3-5H,6-8,15H2,1-2H3. The minimum Gasteiger partial charge on any atom is -0.398 e. The highest BCUT2D eigenvalue weighted by molar-refractivity contribution is 9.10. The molecule has 0 saturated carbocycles. The van der Waals surface area contributed by atoms with Crippen LogP contribution in [-0.4, -0.2) is 23.9 Å². The van der Waals surface area contributed by atoms with E-state index in [1.54, 1.807) is 6.07 Å². The molecule has 4 heteroatoms. The number of nitrogen functional groups attached to an aromatic ring is 1. The average Bonchev–Trinajstić information content (AvgIpc) is 2.62. The van der Waals surface area contributed by atoms with Crippen LogP contribution in [0.2, 0.25) is 0 Å². The topological polar surface area (TPSA) is 46.3 Å². The van der Waals surface area contributed by atoms with Crippen LogP contribution in [0.1, 0.15) is 30.6 Å². The van der Waals surface area contributed by atoms with Crippen molar-refractivity contribution in [2.45, 2.75) is 20.3 Å². The molecule has 1 aromatic carbocycles. The van der Waals surface area contributed by atoms with Crippen molar-refractivity contribution in [2.24, 2.45) is 5.41 Å². The Kier molecular flexibility index (Phi) is 3.17. The number of hydrogen-bond donors (Lipinski definition) is 1. The SMILES string of the molecule is CC1(C)CCN(C(=O)c2cccc(N)c2Br)C1. The summed E-state index contributed by atoms with van der Waals surface area (Å²) in [6.45, 7) is 6.02. The third kappa shape index (κ3) is 2.46. The molecule has 92 valence electrons. The maximum atomic E-state index is 12.3. The van der Waals surface area contributed by atoms with Gasteiger partial charge in [0.2, 0.25) is 0 Å². The molecule has 1 fully saturated rings. The number of halogens is 1. The van der Waals surface area contributed by atoms with E-state index in [4.69, 9.17) is 5.73 Å². The van der Waals surface area contributed by atoms with Gasteiger partial charge >= 0.3 is 0 Å². The van der Waals surface area contributed by atoms with E-state index < -0.39 is 0 Å². The van der Waals surface area contributed by atoms with Crippen molar-refractivity contribution in [3.63, 3.8) is 0 Å². The maximum Gasteiger partial charge on any atom is 0.255 e. The lowest BCUT2D eigenvalue weighted by Crippen LogP contribution is -2.30. The van der Waals surface area contributed by atoms with Crippen molar-refractivity contribution in [1.29, 1.82) is 0 Å². The van der Waals surface area contributed by atoms with Crippen molar-refractivity contribution in [3.05, 3.63) is 28.2 Å². The van der Waals surface area contributed by atoms with Gasteiger partial charge in [-0.3, -0.25) is 4.79 Å². The predicted molar refractivity (Wildman–Crippen MR) is 72.9 cm³/mol. The van der Waals surface area contributed by atoms with E-state index in [1.807, 2.05) is 17.0 Å². The van der Waals surface area contributed by atoms with Gasteiger partial charge in [-0.2, -0.15) is 0 Å². The first-order valence-electron chi connectivity index (χ1n) is 5.74. The number of nitrogens with zero attached hydrogens (tertiary/aromatic N) is 1. The molecule has 0 spiro atoms. The number of rotatable bonds is 1. The number of anilines is 1. The Morgan fingerprint density at radius 1 is 1.47 bits per heavy atom. The van der Waals surface area contributed by atoms with Gasteiger partial charge in [0, 0.05) is 18.8 Å². The summed E-state index contributed by atoms with van der Waals surface area (Å²) < 4.78 is 0.703. The number of carbonyl (C=O) groups is 1. The Balaban J connectivity index is 2.24. The number of likely N-dealkylation sites (tertiary alicyclic amines) is 1. The number of amides is 1. The Labute approximate surface area is 110 Å². The Hall–Kier alpha value is -1.03. The highest BCUT2D eigenvalue weighted by Gasteiger charge is 2.33. The Morgan fingerprint density at radius 3 is 2.76 bits per heavy atom. The second-order valence-corrected chi connectivity index (χ2v) is 6.14. The molecule has 1 aromatic rings. The fourth-order valence-corrected chi connectivity index (χ4v) is 2.61. The van der Waals surface area contributed by atoms with Crippen molar-refractivity contribution in [3.8, 4) is 0 Å². The molecule has 1 aliphatic heterocycles. The van der Waals surface area contributed by atoms with Crippen LogP contribution in [0.3, 0.4) is 0 Å². The van der Waals surface area contributed by atoms with Gasteiger partial charge in [-0.1, -0.05) is 19.9 Å². The minimum absolute atomic E-state index is 0.0646. The van der Waals surface area contributed by atoms with Crippen LogP contribution in [0.15, 0.2) is 22.7 Å². The third-order valence-electron chi connectivity index (χ3n) is 3.22. The smallest absolute Gasteiger partial charge is 0.255 e. The highest BCUT2D eigenvalue weighted by atomic mass is 79.9. The van der Waals surface area contributed by atoms with Crippen molar-refractivity contribution in [1.82, 2.24) is 4.90 Å². The molecule has 0 aliphatic carbocycles. The summed E-state index contributed by atoms with van der Waals surface area (Å²) in [6, 6.07) is 5.41. The van der Waals surface area contributed by atoms with Crippen LogP contribution in [0.4, 0.5) is 5.69 Å². The molecule has 0 radical (unpaired) electrons. The molecule has 0 atom stereocenters. The minimum atomic E-state index is 0.0646. The second-order valence-electron chi connectivity index (χ2n) is 5.35. The van der Waals surface area contributed by atoms with E-state index in [1.165, 1.54) is 0 Å². The fourth-order valence-electron chi connectivity index (χ4n) is 2.17. The molecular weight excluding hydrogens is 280 g/mol. The van der Waals surface area contributed by atoms with E-state index in [0.29, 0.717) is 15.7 Å². The summed E-state index contributed by atoms with van der Waals surface area (Å²) in [6.07, 6.45) is 1.05. The summed E-state index contributed by atoms with van der Waals surface area (Å²) in [5.74, 6) is 0.0646. The summed E-state index contributed by atoms with van der Waals surface area (Å²) in [5.41, 5.74) is 7.28. The molecular formula is C13H17BrN2O. The van der Waals surface area contributed by atoms with Crippen molar-refractivity contribution < 1.29 is 4.79 Å². The van der Waals surface area contributed by atoms with E-state index in [0.717, 1.165) is 19.5 Å². The van der Waals surface area contributed by atoms with Gasteiger partial charge in [0.15, 0.2) is 0 Å². The van der Waals surface area contributed by atoms with Crippen LogP contribution in [0.5, 0.6) is 0 Å². The summed E-state index contributed by atoms with van der Waals surface area (Å²) in [7, 11) is 0.